The van der Waals surface area contributed by atoms with Gasteiger partial charge in [0.15, 0.2) is 5.69 Å². The standard InChI is InChI=1S/C14H17N5O4/c1-3-6-23-19-11-7-10(8-17(9-11)14(19)21)18-5-4-12(15-18)13(20)16-22-2/h3-5,7,11H,1,6,8-9H2,2H3,(H,16,20). The fourth-order valence-corrected chi connectivity index (χ4v) is 2.56. The van der Waals surface area contributed by atoms with E-state index in [0.29, 0.717) is 13.1 Å². The Morgan fingerprint density at radius 1 is 1.61 bits per heavy atom. The molecule has 9 heteroatoms. The van der Waals surface area contributed by atoms with Crippen molar-refractivity contribution >= 4 is 17.6 Å². The second kappa shape index (κ2) is 6.23. The first kappa shape index (κ1) is 15.3. The number of aromatic nitrogens is 2. The predicted molar refractivity (Wildman–Crippen MR) is 79.7 cm³/mol. The first-order chi connectivity index (χ1) is 11.1. The van der Waals surface area contributed by atoms with Crippen LogP contribution < -0.4 is 5.48 Å². The van der Waals surface area contributed by atoms with E-state index in [1.165, 1.54) is 12.2 Å². The van der Waals surface area contributed by atoms with Crippen molar-refractivity contribution in [3.8, 4) is 0 Å². The van der Waals surface area contributed by atoms with Crippen LogP contribution in [0.5, 0.6) is 0 Å². The van der Waals surface area contributed by atoms with Crippen molar-refractivity contribution < 1.29 is 19.3 Å². The van der Waals surface area contributed by atoms with Gasteiger partial charge in [0.2, 0.25) is 0 Å². The zero-order chi connectivity index (χ0) is 16.4. The number of urea groups is 1. The van der Waals surface area contributed by atoms with Gasteiger partial charge < -0.3 is 4.90 Å². The van der Waals surface area contributed by atoms with Crippen molar-refractivity contribution in [2.45, 2.75) is 6.04 Å². The Kier molecular flexibility index (Phi) is 4.13. The molecule has 2 aliphatic heterocycles. The van der Waals surface area contributed by atoms with Crippen molar-refractivity contribution in [3.05, 3.63) is 36.7 Å². The highest BCUT2D eigenvalue weighted by Crippen LogP contribution is 2.26. The van der Waals surface area contributed by atoms with Gasteiger partial charge in [-0.1, -0.05) is 6.08 Å². The molecule has 1 N–H and O–H groups in total. The molecule has 1 saturated heterocycles. The SMILES string of the molecule is C=CCON1C(=O)N2CC(n3ccc(C(=O)NOC)n3)=CC1C2. The Labute approximate surface area is 132 Å². The fraction of sp³-hybridized carbons (Fsp3) is 0.357. The maximum Gasteiger partial charge on any atom is 0.345 e. The lowest BCUT2D eigenvalue weighted by molar-refractivity contribution is -0.107. The Hall–Kier alpha value is -2.65. The maximum atomic E-state index is 12.2. The van der Waals surface area contributed by atoms with E-state index in [1.54, 1.807) is 27.9 Å². The average molecular weight is 319 g/mol. The van der Waals surface area contributed by atoms with Crippen LogP contribution in [0.3, 0.4) is 0 Å². The molecule has 1 unspecified atom stereocenters. The zero-order valence-electron chi connectivity index (χ0n) is 12.6. The molecule has 1 aromatic heterocycles. The predicted octanol–water partition coefficient (Wildman–Crippen LogP) is 0.253. The van der Waals surface area contributed by atoms with Crippen molar-refractivity contribution in [2.75, 3.05) is 26.8 Å². The second-order valence-electron chi connectivity index (χ2n) is 5.08. The third kappa shape index (κ3) is 2.83. The molecule has 23 heavy (non-hydrogen) atoms. The van der Waals surface area contributed by atoms with Gasteiger partial charge in [0.25, 0.3) is 5.91 Å². The van der Waals surface area contributed by atoms with Gasteiger partial charge in [-0.15, -0.1) is 6.58 Å². The minimum absolute atomic E-state index is 0.187. The van der Waals surface area contributed by atoms with Crippen LogP contribution in [0.15, 0.2) is 31.0 Å². The number of rotatable bonds is 6. The lowest BCUT2D eigenvalue weighted by Crippen LogP contribution is -2.33. The number of fused-ring (bicyclic) bond motifs is 2. The summed E-state index contributed by atoms with van der Waals surface area (Å²) in [5, 5.41) is 5.55. The monoisotopic (exact) mass is 319 g/mol. The maximum absolute atomic E-state index is 12.2. The molecule has 2 bridgehead atoms. The lowest BCUT2D eigenvalue weighted by atomic mass is 10.2. The van der Waals surface area contributed by atoms with Crippen molar-refractivity contribution in [1.29, 1.82) is 0 Å². The number of hydroxylamine groups is 3. The highest BCUT2D eigenvalue weighted by molar-refractivity contribution is 5.91. The lowest BCUT2D eigenvalue weighted by Gasteiger charge is -2.21. The van der Waals surface area contributed by atoms with E-state index >= 15 is 0 Å². The Morgan fingerprint density at radius 3 is 3.17 bits per heavy atom. The van der Waals surface area contributed by atoms with Crippen LogP contribution in [0.2, 0.25) is 0 Å². The van der Waals surface area contributed by atoms with Gasteiger partial charge in [-0.3, -0.25) is 14.5 Å². The summed E-state index contributed by atoms with van der Waals surface area (Å²) in [5.41, 5.74) is 3.24. The molecule has 3 rings (SSSR count). The summed E-state index contributed by atoms with van der Waals surface area (Å²) in [6.45, 7) is 4.81. The number of carbonyl (C=O) groups is 2. The van der Waals surface area contributed by atoms with Gasteiger partial charge in [0, 0.05) is 12.7 Å². The van der Waals surface area contributed by atoms with Crippen LogP contribution in [0.1, 0.15) is 10.5 Å². The summed E-state index contributed by atoms with van der Waals surface area (Å²) in [4.78, 5) is 35.5. The summed E-state index contributed by atoms with van der Waals surface area (Å²) in [5.74, 6) is -0.432. The minimum Gasteiger partial charge on any atom is -0.314 e. The second-order valence-corrected chi connectivity index (χ2v) is 5.08. The highest BCUT2D eigenvalue weighted by atomic mass is 16.7. The largest absolute Gasteiger partial charge is 0.345 e. The zero-order valence-corrected chi connectivity index (χ0v) is 12.6. The normalized spacial score (nSPS) is 19.8. The Balaban J connectivity index is 1.78. The van der Waals surface area contributed by atoms with Gasteiger partial charge in [-0.05, 0) is 12.1 Å². The molecular formula is C14H17N5O4. The number of nitrogens with zero attached hydrogens (tertiary/aromatic N) is 4. The third-order valence-corrected chi connectivity index (χ3v) is 3.55. The molecular weight excluding hydrogens is 302 g/mol. The van der Waals surface area contributed by atoms with Gasteiger partial charge in [0.05, 0.1) is 32.0 Å². The van der Waals surface area contributed by atoms with E-state index < -0.39 is 5.91 Å². The highest BCUT2D eigenvalue weighted by Gasteiger charge is 2.41. The number of carbonyl (C=O) groups excluding carboxylic acids is 2. The van der Waals surface area contributed by atoms with E-state index in [9.17, 15) is 9.59 Å². The molecule has 2 aliphatic rings. The van der Waals surface area contributed by atoms with Gasteiger partial charge in [-0.25, -0.2) is 15.0 Å². The van der Waals surface area contributed by atoms with E-state index in [2.05, 4.69) is 22.0 Å². The number of hydrogen-bond acceptors (Lipinski definition) is 5. The van der Waals surface area contributed by atoms with Crippen LogP contribution in [-0.4, -0.2) is 64.5 Å². The topological polar surface area (TPSA) is 88.9 Å². The van der Waals surface area contributed by atoms with Gasteiger partial charge in [0.1, 0.15) is 0 Å². The molecule has 0 aliphatic carbocycles. The van der Waals surface area contributed by atoms with Crippen LogP contribution in [0, 0.1) is 0 Å². The summed E-state index contributed by atoms with van der Waals surface area (Å²) < 4.78 is 1.58. The van der Waals surface area contributed by atoms with E-state index in [1.807, 2.05) is 6.08 Å². The minimum atomic E-state index is -0.432. The van der Waals surface area contributed by atoms with E-state index in [4.69, 9.17) is 4.84 Å². The van der Waals surface area contributed by atoms with E-state index in [-0.39, 0.29) is 24.4 Å². The number of hydrogen-bond donors (Lipinski definition) is 1. The molecule has 0 aromatic carbocycles. The van der Waals surface area contributed by atoms with Gasteiger partial charge in [-0.2, -0.15) is 10.2 Å². The fourth-order valence-electron chi connectivity index (χ4n) is 2.56. The molecule has 3 heterocycles. The summed E-state index contributed by atoms with van der Waals surface area (Å²) in [7, 11) is 1.35. The molecule has 1 atom stereocenters. The summed E-state index contributed by atoms with van der Waals surface area (Å²) in [6, 6.07) is 1.20. The van der Waals surface area contributed by atoms with Crippen LogP contribution in [-0.2, 0) is 9.68 Å². The first-order valence-corrected chi connectivity index (χ1v) is 7.06. The molecule has 1 fully saturated rings. The quantitative estimate of drug-likeness (QED) is 0.600. The van der Waals surface area contributed by atoms with E-state index in [0.717, 1.165) is 5.70 Å². The van der Waals surface area contributed by atoms with Gasteiger partial charge >= 0.3 is 6.03 Å². The summed E-state index contributed by atoms with van der Waals surface area (Å²) >= 11 is 0. The van der Waals surface area contributed by atoms with Crippen molar-refractivity contribution in [2.24, 2.45) is 0 Å². The Bertz CT molecular complexity index is 668. The van der Waals surface area contributed by atoms with Crippen molar-refractivity contribution in [3.63, 3.8) is 0 Å². The number of amides is 3. The molecule has 122 valence electrons. The number of nitrogens with one attached hydrogen (secondary N) is 1. The molecule has 1 aromatic rings. The molecule has 0 spiro atoms. The molecule has 0 saturated carbocycles. The molecule has 0 radical (unpaired) electrons. The average Bonchev–Trinajstić information content (AvgIpc) is 3.11. The van der Waals surface area contributed by atoms with Crippen molar-refractivity contribution in [1.82, 2.24) is 25.2 Å². The molecule has 3 amide bonds. The first-order valence-electron chi connectivity index (χ1n) is 7.06. The smallest absolute Gasteiger partial charge is 0.314 e. The van der Waals surface area contributed by atoms with Crippen LogP contribution in [0.4, 0.5) is 4.79 Å². The van der Waals surface area contributed by atoms with Crippen LogP contribution >= 0.6 is 0 Å². The van der Waals surface area contributed by atoms with Crippen LogP contribution in [0.25, 0.3) is 5.70 Å². The Morgan fingerprint density at radius 2 is 2.43 bits per heavy atom. The third-order valence-electron chi connectivity index (χ3n) is 3.55. The summed E-state index contributed by atoms with van der Waals surface area (Å²) in [6.07, 6.45) is 5.17. The molecule has 9 nitrogen and oxygen atoms in total.